The summed E-state index contributed by atoms with van der Waals surface area (Å²) in [5, 5.41) is 31.2. The van der Waals surface area contributed by atoms with E-state index in [2.05, 4.69) is 47.6 Å². The smallest absolute Gasteiger partial charge is 0.246 e. The number of nitrogens with one attached hydrogen (secondary N) is 9. The Labute approximate surface area is 486 Å². The Morgan fingerprint density at radius 3 is 2.10 bits per heavy atom. The van der Waals surface area contributed by atoms with Crippen LogP contribution in [0.2, 0.25) is 5.02 Å². The third kappa shape index (κ3) is 22.6. The number of halogens is 1. The summed E-state index contributed by atoms with van der Waals surface area (Å²) in [4.78, 5) is 152. The van der Waals surface area contributed by atoms with E-state index in [9.17, 15) is 57.8 Å². The second-order valence-electron chi connectivity index (χ2n) is 22.6. The number of rotatable bonds is 19. The van der Waals surface area contributed by atoms with Gasteiger partial charge in [-0.1, -0.05) is 75.8 Å². The van der Waals surface area contributed by atoms with Crippen molar-refractivity contribution in [3.8, 4) is 0 Å². The molecule has 1 aliphatic rings. The van der Waals surface area contributed by atoms with Gasteiger partial charge < -0.3 is 42.4 Å². The Bertz CT molecular complexity index is 2590. The number of H-pyrrole nitrogens is 1. The number of benzene rings is 1. The molecule has 5 amide bonds. The molecule has 0 radical (unpaired) electrons. The first-order valence-electron chi connectivity index (χ1n) is 28.6. The number of hydrazine groups is 1. The normalized spacial score (nSPS) is 24.8. The number of fused-ring (bicyclic) bond motifs is 1. The minimum Gasteiger partial charge on any atom is -0.394 e. The summed E-state index contributed by atoms with van der Waals surface area (Å²) in [5.41, 5.74) is 6.23. The number of aromatic amines is 1. The molecule has 2 aromatic rings. The van der Waals surface area contributed by atoms with E-state index >= 15 is 0 Å². The average Bonchev–Trinajstić information content (AvgIpc) is 4.02. The lowest BCUT2D eigenvalue weighted by Crippen LogP contribution is -2.63. The van der Waals surface area contributed by atoms with Crippen LogP contribution < -0.4 is 54.2 Å². The minimum atomic E-state index is -1.72. The summed E-state index contributed by atoms with van der Waals surface area (Å²) in [5.74, 6) is -4.12. The molecule has 0 saturated heterocycles. The predicted octanol–water partition coefficient (Wildman–Crippen LogP) is 2.06. The second-order valence-corrected chi connectivity index (χ2v) is 23.0. The van der Waals surface area contributed by atoms with E-state index in [0.29, 0.717) is 41.8 Å². The highest BCUT2D eigenvalue weighted by Gasteiger charge is 2.40. The van der Waals surface area contributed by atoms with Crippen LogP contribution in [-0.4, -0.2) is 148 Å². The third-order valence-corrected chi connectivity index (χ3v) is 15.1. The van der Waals surface area contributed by atoms with E-state index in [1.54, 1.807) is 31.3 Å². The van der Waals surface area contributed by atoms with Crippen molar-refractivity contribution in [2.75, 3.05) is 26.2 Å². The summed E-state index contributed by atoms with van der Waals surface area (Å²) in [6.07, 6.45) is 12.7. The molecule has 0 bridgehead atoms. The van der Waals surface area contributed by atoms with Crippen LogP contribution in [0.4, 0.5) is 0 Å². The van der Waals surface area contributed by atoms with Crippen LogP contribution in [-0.2, 0) is 59.2 Å². The van der Waals surface area contributed by atoms with Crippen molar-refractivity contribution in [1.29, 1.82) is 0 Å². The number of amides is 5. The molecule has 1 aromatic heterocycles. The molecule has 456 valence electrons. The summed E-state index contributed by atoms with van der Waals surface area (Å²) in [7, 11) is 0. The van der Waals surface area contributed by atoms with Crippen molar-refractivity contribution in [1.82, 2.24) is 47.6 Å². The second kappa shape index (κ2) is 34.5. The van der Waals surface area contributed by atoms with Gasteiger partial charge in [0.25, 0.3) is 0 Å². The Morgan fingerprint density at radius 1 is 0.817 bits per heavy atom. The van der Waals surface area contributed by atoms with Crippen LogP contribution in [0.1, 0.15) is 151 Å². The summed E-state index contributed by atoms with van der Waals surface area (Å²) >= 11 is 6.26. The summed E-state index contributed by atoms with van der Waals surface area (Å²) in [6.45, 7) is 10.8. The van der Waals surface area contributed by atoms with Crippen LogP contribution in [0.25, 0.3) is 10.9 Å². The molecule has 2 heterocycles. The molecule has 0 spiro atoms. The molecular weight excluding hydrogens is 1080 g/mol. The fourth-order valence-corrected chi connectivity index (χ4v) is 9.81. The molecule has 0 fully saturated rings. The van der Waals surface area contributed by atoms with E-state index in [0.717, 1.165) is 43.9 Å². The first-order valence-corrected chi connectivity index (χ1v) is 28.9. The van der Waals surface area contributed by atoms with Crippen LogP contribution in [0.5, 0.6) is 0 Å². The fourth-order valence-electron chi connectivity index (χ4n) is 9.63. The number of hydrogen-bond donors (Lipinski definition) is 12. The number of hydrogen-bond acceptors (Lipinski definition) is 17. The van der Waals surface area contributed by atoms with E-state index in [-0.39, 0.29) is 69.2 Å². The predicted molar refractivity (Wildman–Crippen MR) is 312 cm³/mol. The van der Waals surface area contributed by atoms with Gasteiger partial charge in [-0.25, -0.2) is 5.43 Å². The van der Waals surface area contributed by atoms with Gasteiger partial charge in [-0.15, -0.1) is 0 Å². The van der Waals surface area contributed by atoms with Crippen LogP contribution in [0.3, 0.4) is 0 Å². The fraction of sp³-hybridized carbons (Fsp3) is 0.638. The number of allylic oxidation sites excluding steroid dienone is 2. The minimum absolute atomic E-state index is 0.0292. The number of primary amides is 1. The maximum absolute atomic E-state index is 14.5. The van der Waals surface area contributed by atoms with Crippen molar-refractivity contribution in [2.45, 2.75) is 199 Å². The van der Waals surface area contributed by atoms with Gasteiger partial charge in [0.15, 0.2) is 5.78 Å². The molecular formula is C58H90ClN11O12. The Balaban J connectivity index is 2.02. The van der Waals surface area contributed by atoms with Crippen molar-refractivity contribution in [3.05, 3.63) is 47.1 Å². The molecule has 14 N–H and O–H groups in total. The van der Waals surface area contributed by atoms with Crippen LogP contribution in [0.15, 0.2) is 36.5 Å². The van der Waals surface area contributed by atoms with Gasteiger partial charge in [-0.05, 0) is 123 Å². The maximum Gasteiger partial charge on any atom is 0.246 e. The molecule has 0 aliphatic carbocycles. The van der Waals surface area contributed by atoms with Crippen molar-refractivity contribution >= 4 is 86.7 Å². The highest BCUT2D eigenvalue weighted by atomic mass is 35.5. The van der Waals surface area contributed by atoms with Crippen LogP contribution in [0, 0.1) is 11.8 Å². The molecule has 3 rings (SSSR count). The van der Waals surface area contributed by atoms with Gasteiger partial charge >= 0.3 is 0 Å². The van der Waals surface area contributed by atoms with E-state index < -0.39 is 113 Å². The number of ketones is 6. The van der Waals surface area contributed by atoms with Crippen molar-refractivity contribution in [3.63, 3.8) is 0 Å². The number of aromatic nitrogens is 1. The molecule has 82 heavy (non-hydrogen) atoms. The lowest BCUT2D eigenvalue weighted by Gasteiger charge is -2.33. The standard InChI is InChI=1S/C58H90ClN11O12/c1-34(2)26-40-31-62-43(22-23-48(60)74)52(78)50(76)37(5)66-54(80)45(27-39-30-63-44-28-41(59)20-21-42(39)44)64-32-47(73)57(7,65-29-35(3)72)24-18-16-14-12-10-9-11-13-15-17-19-25-58(8,69-53(40)79)56(82)68-46(33-71)55(81)67-36(4)49(75)51(77)38(6)70-61/h13,15,20-21,28,30,34,36-38,40,43,45-46,62-65,70-71H,9-12,14,16-19,22-27,29,31-33,61H2,1-8H3,(H2,60,74)(H,66,80)(H,67,81)(H,68,82)(H,69,79)/b15-13+/t36-,37?,38-,40+,43-,45-,46-,57+,58-/m0/s1. The van der Waals surface area contributed by atoms with Gasteiger partial charge in [0.05, 0.1) is 61.4 Å². The summed E-state index contributed by atoms with van der Waals surface area (Å²) < 4.78 is 0. The van der Waals surface area contributed by atoms with Crippen LogP contribution >= 0.6 is 11.6 Å². The van der Waals surface area contributed by atoms with Crippen molar-refractivity contribution in [2.24, 2.45) is 23.4 Å². The van der Waals surface area contributed by atoms with Gasteiger partial charge in [-0.3, -0.25) is 69.2 Å². The Hall–Kier alpha value is -6.08. The zero-order chi connectivity index (χ0) is 61.3. The molecule has 1 aliphatic heterocycles. The Morgan fingerprint density at radius 2 is 1.46 bits per heavy atom. The zero-order valence-corrected chi connectivity index (χ0v) is 49.7. The zero-order valence-electron chi connectivity index (χ0n) is 49.0. The van der Waals surface area contributed by atoms with Gasteiger partial charge in [0.1, 0.15) is 17.4 Å². The summed E-state index contributed by atoms with van der Waals surface area (Å²) in [6, 6.07) is -2.75. The first kappa shape index (κ1) is 70.2. The molecule has 24 heteroatoms. The number of Topliss-reactive ketones (excluding diaryl/α,β-unsaturated/α-hetero) is 6. The lowest BCUT2D eigenvalue weighted by atomic mass is 9.88. The molecule has 9 atom stereocenters. The van der Waals surface area contributed by atoms with E-state index in [1.165, 1.54) is 34.6 Å². The van der Waals surface area contributed by atoms with Gasteiger partial charge in [0.2, 0.25) is 52.7 Å². The van der Waals surface area contributed by atoms with E-state index in [4.69, 9.17) is 23.2 Å². The SMILES string of the molecule is CC(=O)CN[C@]1(C)CCCCCCCC/C=C/CCC[C@@](C)(C(=O)N[C@@H](CO)C(=O)N[C@@H](C)C(=O)C(=O)[C@H](C)NN)NC(=O)[C@H](CC(C)C)CN[C@@H](CCC(N)=O)C(=O)C(=O)C(C)NC(=O)[C@H](Cc2c[nH]c3cc(Cl)ccc23)NCC1=O. The molecule has 23 nitrogen and oxygen atoms in total. The molecule has 1 unspecified atom stereocenters. The molecule has 1 aromatic carbocycles. The number of aliphatic hydroxyl groups is 1. The topological polar surface area (TPSA) is 372 Å². The van der Waals surface area contributed by atoms with E-state index in [1.807, 2.05) is 26.0 Å². The monoisotopic (exact) mass is 1170 g/mol. The number of aliphatic hydroxyl groups excluding tert-OH is 1. The molecule has 0 saturated carbocycles. The third-order valence-electron chi connectivity index (χ3n) is 14.9. The maximum atomic E-state index is 14.5. The van der Waals surface area contributed by atoms with Gasteiger partial charge in [0, 0.05) is 35.1 Å². The van der Waals surface area contributed by atoms with Crippen molar-refractivity contribution < 1.29 is 57.8 Å². The quantitative estimate of drug-likeness (QED) is 0.0414. The van der Waals surface area contributed by atoms with Gasteiger partial charge in [-0.2, -0.15) is 0 Å². The highest BCUT2D eigenvalue weighted by molar-refractivity contribution is 6.41. The Kier molecular flexibility index (Phi) is 29.5. The largest absolute Gasteiger partial charge is 0.394 e. The number of carbonyl (C=O) groups excluding carboxylic acids is 11. The first-order chi connectivity index (χ1) is 38.7. The number of nitrogens with two attached hydrogens (primary N) is 2. The average molecular weight is 1170 g/mol. The highest BCUT2D eigenvalue weighted by Crippen LogP contribution is 2.25. The number of carbonyl (C=O) groups is 11. The lowest BCUT2D eigenvalue weighted by molar-refractivity contribution is -0.140.